The van der Waals surface area contributed by atoms with Crippen LogP contribution in [0.2, 0.25) is 0 Å². The normalized spacial score (nSPS) is 15.7. The maximum absolute atomic E-state index is 13.0. The summed E-state index contributed by atoms with van der Waals surface area (Å²) in [5, 5.41) is 2.25. The van der Waals surface area contributed by atoms with Crippen LogP contribution in [0.3, 0.4) is 0 Å². The van der Waals surface area contributed by atoms with Crippen molar-refractivity contribution in [3.05, 3.63) is 88.2 Å². The van der Waals surface area contributed by atoms with Crippen LogP contribution in [-0.4, -0.2) is 22.4 Å². The number of barbiturate groups is 1. The number of imide groups is 2. The molecule has 2 aromatic carbocycles. The van der Waals surface area contributed by atoms with Gasteiger partial charge in [0.05, 0.1) is 5.69 Å². The van der Waals surface area contributed by atoms with Crippen LogP contribution in [0.1, 0.15) is 11.4 Å². The SMILES string of the molecule is Cc1ccc(/C=C2\C(=O)NC(=O)N(c3ccc(Br)cc3)C2=O)n1-c1ccccc1. The average molecular weight is 450 g/mol. The summed E-state index contributed by atoms with van der Waals surface area (Å²) in [7, 11) is 0. The number of halogens is 1. The van der Waals surface area contributed by atoms with E-state index in [-0.39, 0.29) is 5.57 Å². The molecule has 1 aliphatic heterocycles. The first-order chi connectivity index (χ1) is 14.0. The van der Waals surface area contributed by atoms with Crippen molar-refractivity contribution in [3.63, 3.8) is 0 Å². The van der Waals surface area contributed by atoms with Crippen molar-refractivity contribution in [2.45, 2.75) is 6.92 Å². The van der Waals surface area contributed by atoms with E-state index in [0.29, 0.717) is 11.4 Å². The van der Waals surface area contributed by atoms with Crippen LogP contribution in [0.15, 0.2) is 76.8 Å². The van der Waals surface area contributed by atoms with E-state index in [2.05, 4.69) is 21.2 Å². The topological polar surface area (TPSA) is 71.4 Å². The molecule has 1 aliphatic rings. The van der Waals surface area contributed by atoms with Gasteiger partial charge in [-0.25, -0.2) is 9.69 Å². The Morgan fingerprint density at radius 2 is 1.55 bits per heavy atom. The van der Waals surface area contributed by atoms with Gasteiger partial charge in [0.1, 0.15) is 5.57 Å². The van der Waals surface area contributed by atoms with E-state index in [4.69, 9.17) is 0 Å². The molecular formula is C22H16BrN3O3. The Morgan fingerprint density at radius 1 is 0.862 bits per heavy atom. The van der Waals surface area contributed by atoms with E-state index in [0.717, 1.165) is 20.8 Å². The number of rotatable bonds is 3. The quantitative estimate of drug-likeness (QED) is 0.480. The van der Waals surface area contributed by atoms with E-state index >= 15 is 0 Å². The molecule has 0 saturated carbocycles. The molecule has 0 bridgehead atoms. The smallest absolute Gasteiger partial charge is 0.314 e. The van der Waals surface area contributed by atoms with Crippen LogP contribution >= 0.6 is 15.9 Å². The Labute approximate surface area is 175 Å². The average Bonchev–Trinajstić information content (AvgIpc) is 3.07. The van der Waals surface area contributed by atoms with Gasteiger partial charge in [-0.3, -0.25) is 14.9 Å². The molecule has 1 fully saturated rings. The van der Waals surface area contributed by atoms with Crippen molar-refractivity contribution in [1.29, 1.82) is 0 Å². The van der Waals surface area contributed by atoms with Crippen LogP contribution in [0.5, 0.6) is 0 Å². The number of amides is 4. The number of benzene rings is 2. The maximum atomic E-state index is 13.0. The highest BCUT2D eigenvalue weighted by Gasteiger charge is 2.37. The van der Waals surface area contributed by atoms with Crippen LogP contribution in [-0.2, 0) is 9.59 Å². The number of carbonyl (C=O) groups is 3. The first kappa shape index (κ1) is 18.9. The fraction of sp³-hybridized carbons (Fsp3) is 0.0455. The summed E-state index contributed by atoms with van der Waals surface area (Å²) in [6.07, 6.45) is 1.51. The number of aromatic nitrogens is 1. The van der Waals surface area contributed by atoms with Crippen molar-refractivity contribution >= 4 is 45.5 Å². The number of urea groups is 1. The molecule has 4 rings (SSSR count). The van der Waals surface area contributed by atoms with Gasteiger partial charge in [-0.1, -0.05) is 34.1 Å². The molecule has 1 saturated heterocycles. The molecule has 4 amide bonds. The molecule has 0 radical (unpaired) electrons. The monoisotopic (exact) mass is 449 g/mol. The number of hydrogen-bond acceptors (Lipinski definition) is 3. The van der Waals surface area contributed by atoms with Crippen molar-refractivity contribution in [2.24, 2.45) is 0 Å². The molecule has 1 N–H and O–H groups in total. The number of anilines is 1. The standard InChI is InChI=1S/C22H16BrN3O3/c1-14-7-10-18(25(14)16-5-3-2-4-6-16)13-19-20(27)24-22(29)26(21(19)28)17-11-8-15(23)9-12-17/h2-13H,1H3,(H,24,27,29)/b19-13+. The van der Waals surface area contributed by atoms with Gasteiger partial charge in [-0.05, 0) is 61.5 Å². The molecule has 1 aromatic heterocycles. The van der Waals surface area contributed by atoms with Crippen molar-refractivity contribution < 1.29 is 14.4 Å². The van der Waals surface area contributed by atoms with Crippen LogP contribution < -0.4 is 10.2 Å². The third-order valence-electron chi connectivity index (χ3n) is 4.60. The van der Waals surface area contributed by atoms with Gasteiger partial charge in [0.15, 0.2) is 0 Å². The lowest BCUT2D eigenvalue weighted by Gasteiger charge is -2.26. The van der Waals surface area contributed by atoms with E-state index < -0.39 is 17.8 Å². The summed E-state index contributed by atoms with van der Waals surface area (Å²) in [5.41, 5.74) is 2.79. The summed E-state index contributed by atoms with van der Waals surface area (Å²) < 4.78 is 2.75. The van der Waals surface area contributed by atoms with E-state index in [1.54, 1.807) is 24.3 Å². The molecule has 144 valence electrons. The third kappa shape index (κ3) is 3.52. The Hall–Kier alpha value is -3.45. The molecule has 0 unspecified atom stereocenters. The number of carbonyl (C=O) groups excluding carboxylic acids is 3. The molecule has 0 aliphatic carbocycles. The van der Waals surface area contributed by atoms with Crippen molar-refractivity contribution in [1.82, 2.24) is 9.88 Å². The zero-order chi connectivity index (χ0) is 20.5. The molecule has 3 aromatic rings. The van der Waals surface area contributed by atoms with Gasteiger partial charge in [-0.15, -0.1) is 0 Å². The fourth-order valence-corrected chi connectivity index (χ4v) is 3.50. The second kappa shape index (κ2) is 7.52. The Bertz CT molecular complexity index is 1150. The molecular weight excluding hydrogens is 434 g/mol. The van der Waals surface area contributed by atoms with Gasteiger partial charge in [0.25, 0.3) is 11.8 Å². The van der Waals surface area contributed by atoms with E-state index in [1.807, 2.05) is 54.0 Å². The lowest BCUT2D eigenvalue weighted by atomic mass is 10.1. The van der Waals surface area contributed by atoms with Gasteiger partial charge in [0, 0.05) is 21.5 Å². The first-order valence-corrected chi connectivity index (χ1v) is 9.66. The van der Waals surface area contributed by atoms with Gasteiger partial charge >= 0.3 is 6.03 Å². The van der Waals surface area contributed by atoms with Crippen LogP contribution in [0.25, 0.3) is 11.8 Å². The minimum Gasteiger partial charge on any atom is -0.314 e. The molecule has 29 heavy (non-hydrogen) atoms. The molecule has 6 nitrogen and oxygen atoms in total. The van der Waals surface area contributed by atoms with Gasteiger partial charge in [0.2, 0.25) is 0 Å². The van der Waals surface area contributed by atoms with E-state index in [9.17, 15) is 14.4 Å². The highest BCUT2D eigenvalue weighted by molar-refractivity contribution is 9.10. The van der Waals surface area contributed by atoms with Crippen molar-refractivity contribution in [3.8, 4) is 5.69 Å². The molecule has 7 heteroatoms. The lowest BCUT2D eigenvalue weighted by molar-refractivity contribution is -0.122. The number of aryl methyl sites for hydroxylation is 1. The van der Waals surface area contributed by atoms with Gasteiger partial charge in [-0.2, -0.15) is 0 Å². The second-order valence-corrected chi connectivity index (χ2v) is 7.42. The highest BCUT2D eigenvalue weighted by atomic mass is 79.9. The fourth-order valence-electron chi connectivity index (χ4n) is 3.23. The molecule has 0 spiro atoms. The van der Waals surface area contributed by atoms with Crippen molar-refractivity contribution in [2.75, 3.05) is 4.90 Å². The van der Waals surface area contributed by atoms with Crippen LogP contribution in [0, 0.1) is 6.92 Å². The number of nitrogens with zero attached hydrogens (tertiary/aromatic N) is 2. The van der Waals surface area contributed by atoms with E-state index in [1.165, 1.54) is 6.08 Å². The molecule has 2 heterocycles. The lowest BCUT2D eigenvalue weighted by Crippen LogP contribution is -2.54. The van der Waals surface area contributed by atoms with Gasteiger partial charge < -0.3 is 4.57 Å². The maximum Gasteiger partial charge on any atom is 0.335 e. The zero-order valence-electron chi connectivity index (χ0n) is 15.4. The second-order valence-electron chi connectivity index (χ2n) is 6.50. The summed E-state index contributed by atoms with van der Waals surface area (Å²) in [6.45, 7) is 1.94. The summed E-state index contributed by atoms with van der Waals surface area (Å²) in [5.74, 6) is -1.38. The largest absolute Gasteiger partial charge is 0.335 e. The number of nitrogens with one attached hydrogen (secondary N) is 1. The first-order valence-electron chi connectivity index (χ1n) is 8.86. The predicted molar refractivity (Wildman–Crippen MR) is 114 cm³/mol. The third-order valence-corrected chi connectivity index (χ3v) is 5.13. The highest BCUT2D eigenvalue weighted by Crippen LogP contribution is 2.25. The zero-order valence-corrected chi connectivity index (χ0v) is 17.0. The Kier molecular flexibility index (Phi) is 4.90. The summed E-state index contributed by atoms with van der Waals surface area (Å²) >= 11 is 3.33. The number of hydrogen-bond donors (Lipinski definition) is 1. The minimum absolute atomic E-state index is 0.109. The summed E-state index contributed by atoms with van der Waals surface area (Å²) in [4.78, 5) is 38.8. The summed E-state index contributed by atoms with van der Waals surface area (Å²) in [6, 6.07) is 19.3. The number of para-hydroxylation sites is 1. The molecule has 0 atom stereocenters. The van der Waals surface area contributed by atoms with Crippen LogP contribution in [0.4, 0.5) is 10.5 Å². The predicted octanol–water partition coefficient (Wildman–Crippen LogP) is 4.21. The minimum atomic E-state index is -0.769. The Morgan fingerprint density at radius 3 is 2.24 bits per heavy atom. The Balaban J connectivity index is 1.78.